The highest BCUT2D eigenvalue weighted by Crippen LogP contribution is 2.32. The van der Waals surface area contributed by atoms with Gasteiger partial charge in [-0.05, 0) is 49.2 Å². The third-order valence-corrected chi connectivity index (χ3v) is 5.40. The van der Waals surface area contributed by atoms with Gasteiger partial charge in [-0.15, -0.1) is 0 Å². The quantitative estimate of drug-likeness (QED) is 0.535. The highest BCUT2D eigenvalue weighted by atomic mass is 35.5. The molecule has 1 aromatic carbocycles. The van der Waals surface area contributed by atoms with Crippen LogP contribution in [-0.2, 0) is 4.74 Å². The molecule has 1 unspecified atom stereocenters. The lowest BCUT2D eigenvalue weighted by molar-refractivity contribution is 0.0930. The van der Waals surface area contributed by atoms with E-state index in [1.54, 1.807) is 24.5 Å². The second kappa shape index (κ2) is 9.46. The van der Waals surface area contributed by atoms with Crippen LogP contribution in [0, 0.1) is 5.82 Å². The maximum Gasteiger partial charge on any atom is 0.255 e. The number of halogens is 2. The van der Waals surface area contributed by atoms with Crippen LogP contribution in [0.25, 0.3) is 16.8 Å². The Hall–Kier alpha value is -3.29. The van der Waals surface area contributed by atoms with Crippen molar-refractivity contribution >= 4 is 34.5 Å². The minimum absolute atomic E-state index is 0.0279. The molecule has 8 heteroatoms. The van der Waals surface area contributed by atoms with Gasteiger partial charge < -0.3 is 15.4 Å². The predicted octanol–water partition coefficient (Wildman–Crippen LogP) is 5.23. The largest absolute Gasteiger partial charge is 0.379 e. The van der Waals surface area contributed by atoms with Crippen molar-refractivity contribution in [1.82, 2.24) is 15.3 Å². The molecule has 32 heavy (non-hydrogen) atoms. The molecule has 0 aliphatic carbocycles. The molecule has 164 valence electrons. The number of allylic oxidation sites excluding steroid dienone is 1. The Balaban J connectivity index is 1.70. The first-order valence-corrected chi connectivity index (χ1v) is 10.5. The fourth-order valence-electron chi connectivity index (χ4n) is 3.48. The fraction of sp³-hybridized carbons (Fsp3) is 0.208. The summed E-state index contributed by atoms with van der Waals surface area (Å²) in [6, 6.07) is 7.71. The molecule has 3 aromatic rings. The number of hydrogen-bond acceptors (Lipinski definition) is 5. The molecule has 0 bridgehead atoms. The molecule has 2 aromatic heterocycles. The SMILES string of the molecule is C=C(C)c1cnc(-c2cc(Cl)ccc2F)cc1Nc1ccncc1C(=O)NC1CCOC1. The number of pyridine rings is 2. The molecule has 1 amide bonds. The van der Waals surface area contributed by atoms with E-state index >= 15 is 0 Å². The third kappa shape index (κ3) is 4.79. The number of hydrogen-bond donors (Lipinski definition) is 2. The molecule has 1 aliphatic heterocycles. The standard InChI is InChI=1S/C24H22ClFN4O2/c1-14(2)18-12-28-22(17-9-15(25)3-4-20(17)26)10-23(18)30-21-5-7-27-11-19(21)24(31)29-16-6-8-32-13-16/h3-5,7,9-12,16H,1,6,8,13H2,2H3,(H,29,31)(H,27,28,30). The van der Waals surface area contributed by atoms with Crippen LogP contribution < -0.4 is 10.6 Å². The summed E-state index contributed by atoms with van der Waals surface area (Å²) in [6.45, 7) is 6.98. The molecule has 0 radical (unpaired) electrons. The normalized spacial score (nSPS) is 15.4. The highest BCUT2D eigenvalue weighted by Gasteiger charge is 2.21. The van der Waals surface area contributed by atoms with Gasteiger partial charge in [-0.25, -0.2) is 4.39 Å². The van der Waals surface area contributed by atoms with E-state index in [2.05, 4.69) is 27.2 Å². The Kier molecular flexibility index (Phi) is 6.48. The number of benzene rings is 1. The number of ether oxygens (including phenoxy) is 1. The lowest BCUT2D eigenvalue weighted by atomic mass is 10.0. The van der Waals surface area contributed by atoms with Gasteiger partial charge in [-0.3, -0.25) is 14.8 Å². The first-order valence-electron chi connectivity index (χ1n) is 10.1. The van der Waals surface area contributed by atoms with E-state index in [4.69, 9.17) is 16.3 Å². The van der Waals surface area contributed by atoms with E-state index in [0.29, 0.717) is 40.9 Å². The topological polar surface area (TPSA) is 76.1 Å². The summed E-state index contributed by atoms with van der Waals surface area (Å²) in [6.07, 6.45) is 5.49. The summed E-state index contributed by atoms with van der Waals surface area (Å²) >= 11 is 6.06. The van der Waals surface area contributed by atoms with Crippen molar-refractivity contribution in [3.63, 3.8) is 0 Å². The zero-order chi connectivity index (χ0) is 22.7. The summed E-state index contributed by atoms with van der Waals surface area (Å²) in [5, 5.41) is 6.66. The van der Waals surface area contributed by atoms with Crippen molar-refractivity contribution in [2.45, 2.75) is 19.4 Å². The molecule has 2 N–H and O–H groups in total. The molecule has 1 atom stereocenters. The Morgan fingerprint density at radius 2 is 2.06 bits per heavy atom. The lowest BCUT2D eigenvalue weighted by Crippen LogP contribution is -2.35. The third-order valence-electron chi connectivity index (χ3n) is 5.17. The minimum atomic E-state index is -0.432. The molecule has 6 nitrogen and oxygen atoms in total. The van der Waals surface area contributed by atoms with E-state index in [1.165, 1.54) is 24.4 Å². The first kappa shape index (κ1) is 21.9. The van der Waals surface area contributed by atoms with Crippen molar-refractivity contribution in [2.24, 2.45) is 0 Å². The van der Waals surface area contributed by atoms with Gasteiger partial charge in [0.15, 0.2) is 0 Å². The molecule has 0 spiro atoms. The summed E-state index contributed by atoms with van der Waals surface area (Å²) in [4.78, 5) is 21.4. The fourth-order valence-corrected chi connectivity index (χ4v) is 3.65. The molecule has 0 saturated carbocycles. The average molecular weight is 453 g/mol. The van der Waals surface area contributed by atoms with Gasteiger partial charge >= 0.3 is 0 Å². The number of carbonyl (C=O) groups excluding carboxylic acids is 1. The van der Waals surface area contributed by atoms with Crippen LogP contribution in [0.2, 0.25) is 5.02 Å². The number of nitrogens with one attached hydrogen (secondary N) is 2. The van der Waals surface area contributed by atoms with Crippen LogP contribution in [0.15, 0.2) is 55.5 Å². The Morgan fingerprint density at radius 1 is 1.22 bits per heavy atom. The molecule has 1 fully saturated rings. The predicted molar refractivity (Wildman–Crippen MR) is 124 cm³/mol. The van der Waals surface area contributed by atoms with Crippen molar-refractivity contribution in [3.8, 4) is 11.3 Å². The number of carbonyl (C=O) groups is 1. The number of nitrogens with zero attached hydrogens (tertiary/aromatic N) is 2. The van der Waals surface area contributed by atoms with E-state index in [1.807, 2.05) is 6.92 Å². The zero-order valence-corrected chi connectivity index (χ0v) is 18.2. The summed E-state index contributed by atoms with van der Waals surface area (Å²) in [7, 11) is 0. The van der Waals surface area contributed by atoms with Gasteiger partial charge in [0, 0.05) is 47.0 Å². The summed E-state index contributed by atoms with van der Waals surface area (Å²) < 4.78 is 19.8. The lowest BCUT2D eigenvalue weighted by Gasteiger charge is -2.17. The van der Waals surface area contributed by atoms with Gasteiger partial charge in [0.2, 0.25) is 0 Å². The second-order valence-electron chi connectivity index (χ2n) is 7.60. The van der Waals surface area contributed by atoms with Gasteiger partial charge in [-0.2, -0.15) is 0 Å². The number of aromatic nitrogens is 2. The zero-order valence-electron chi connectivity index (χ0n) is 17.5. The minimum Gasteiger partial charge on any atom is -0.379 e. The Labute approximate surface area is 190 Å². The second-order valence-corrected chi connectivity index (χ2v) is 8.04. The maximum absolute atomic E-state index is 14.4. The van der Waals surface area contributed by atoms with Crippen LogP contribution in [-0.4, -0.2) is 35.1 Å². The average Bonchev–Trinajstić information content (AvgIpc) is 3.28. The van der Waals surface area contributed by atoms with Gasteiger partial charge in [-0.1, -0.05) is 18.2 Å². The highest BCUT2D eigenvalue weighted by molar-refractivity contribution is 6.30. The molecule has 1 saturated heterocycles. The number of rotatable bonds is 6. The summed E-state index contributed by atoms with van der Waals surface area (Å²) in [5.41, 5.74) is 3.77. The molecule has 4 rings (SSSR count). The van der Waals surface area contributed by atoms with Gasteiger partial charge in [0.05, 0.1) is 29.6 Å². The molecule has 1 aliphatic rings. The molecular formula is C24H22ClFN4O2. The van der Waals surface area contributed by atoms with Crippen LogP contribution in [0.4, 0.5) is 15.8 Å². The molecule has 3 heterocycles. The van der Waals surface area contributed by atoms with Gasteiger partial charge in [0.1, 0.15) is 5.82 Å². The Morgan fingerprint density at radius 3 is 2.81 bits per heavy atom. The number of anilines is 2. The summed E-state index contributed by atoms with van der Waals surface area (Å²) in [5.74, 6) is -0.679. The first-order chi connectivity index (χ1) is 15.4. The van der Waals surface area contributed by atoms with E-state index in [-0.39, 0.29) is 17.5 Å². The van der Waals surface area contributed by atoms with E-state index < -0.39 is 5.82 Å². The van der Waals surface area contributed by atoms with Crippen molar-refractivity contribution in [2.75, 3.05) is 18.5 Å². The van der Waals surface area contributed by atoms with E-state index in [9.17, 15) is 9.18 Å². The van der Waals surface area contributed by atoms with Crippen LogP contribution in [0.5, 0.6) is 0 Å². The van der Waals surface area contributed by atoms with E-state index in [0.717, 1.165) is 17.6 Å². The van der Waals surface area contributed by atoms with Gasteiger partial charge in [0.25, 0.3) is 5.91 Å². The maximum atomic E-state index is 14.4. The number of amides is 1. The van der Waals surface area contributed by atoms with Crippen molar-refractivity contribution < 1.29 is 13.9 Å². The van der Waals surface area contributed by atoms with Crippen LogP contribution in [0.3, 0.4) is 0 Å². The van der Waals surface area contributed by atoms with Crippen molar-refractivity contribution in [1.29, 1.82) is 0 Å². The monoisotopic (exact) mass is 452 g/mol. The van der Waals surface area contributed by atoms with Crippen molar-refractivity contribution in [3.05, 3.63) is 77.5 Å². The Bertz CT molecular complexity index is 1180. The molecular weight excluding hydrogens is 431 g/mol. The smallest absolute Gasteiger partial charge is 0.255 e. The van der Waals surface area contributed by atoms with Crippen LogP contribution in [0.1, 0.15) is 29.3 Å². The van der Waals surface area contributed by atoms with Crippen LogP contribution >= 0.6 is 11.6 Å².